The van der Waals surface area contributed by atoms with Gasteiger partial charge in [0, 0.05) is 19.7 Å². The van der Waals surface area contributed by atoms with Crippen LogP contribution in [-0.4, -0.2) is 31.8 Å². The molecule has 1 aliphatic rings. The maximum Gasteiger partial charge on any atom is 0.314 e. The van der Waals surface area contributed by atoms with E-state index in [-0.39, 0.29) is 6.03 Å². The molecule has 1 rings (SSSR count). The minimum absolute atomic E-state index is 0.0722. The number of hydrogen-bond acceptors (Lipinski definition) is 2. The number of hydrogen-bond donors (Lipinski definition) is 2. The molecule has 70 valence electrons. The molecule has 0 unspecified atom stereocenters. The van der Waals surface area contributed by atoms with Crippen LogP contribution >= 0.6 is 0 Å². The van der Waals surface area contributed by atoms with Crippen LogP contribution in [0.3, 0.4) is 0 Å². The molecule has 0 aromatic rings. The van der Waals surface area contributed by atoms with Gasteiger partial charge in [0.2, 0.25) is 0 Å². The van der Waals surface area contributed by atoms with Gasteiger partial charge >= 0.3 is 6.03 Å². The summed E-state index contributed by atoms with van der Waals surface area (Å²) in [5.41, 5.74) is 0. The standard InChI is InChI=1S/C8H16N2O2/c1-3-9-8(11)10-6-4-7(5-6)12-2/h6-7H,3-5H2,1-2H3,(H2,9,10,11). The molecule has 0 saturated heterocycles. The van der Waals surface area contributed by atoms with Crippen LogP contribution in [0.25, 0.3) is 0 Å². The molecule has 2 N–H and O–H groups in total. The zero-order valence-corrected chi connectivity index (χ0v) is 7.59. The summed E-state index contributed by atoms with van der Waals surface area (Å²) < 4.78 is 5.09. The molecule has 1 saturated carbocycles. The first kappa shape index (κ1) is 9.32. The fraction of sp³-hybridized carbons (Fsp3) is 0.875. The van der Waals surface area contributed by atoms with Gasteiger partial charge < -0.3 is 15.4 Å². The lowest BCUT2D eigenvalue weighted by atomic mass is 9.89. The number of rotatable bonds is 3. The Morgan fingerprint density at radius 2 is 2.25 bits per heavy atom. The lowest BCUT2D eigenvalue weighted by Gasteiger charge is -2.34. The van der Waals surface area contributed by atoms with Crippen molar-refractivity contribution in [3.8, 4) is 0 Å². The Morgan fingerprint density at radius 1 is 1.58 bits per heavy atom. The van der Waals surface area contributed by atoms with E-state index >= 15 is 0 Å². The highest BCUT2D eigenvalue weighted by Gasteiger charge is 2.29. The van der Waals surface area contributed by atoms with Crippen LogP contribution in [0.15, 0.2) is 0 Å². The van der Waals surface area contributed by atoms with Gasteiger partial charge in [0.15, 0.2) is 0 Å². The topological polar surface area (TPSA) is 50.4 Å². The Bertz CT molecular complexity index is 155. The third-order valence-corrected chi connectivity index (χ3v) is 2.10. The number of methoxy groups -OCH3 is 1. The molecule has 2 amide bonds. The highest BCUT2D eigenvalue weighted by molar-refractivity contribution is 5.74. The van der Waals surface area contributed by atoms with Crippen molar-refractivity contribution in [2.45, 2.75) is 31.9 Å². The Labute approximate surface area is 72.7 Å². The summed E-state index contributed by atoms with van der Waals surface area (Å²) in [5.74, 6) is 0. The first-order valence-corrected chi connectivity index (χ1v) is 4.33. The van der Waals surface area contributed by atoms with Crippen LogP contribution in [0.5, 0.6) is 0 Å². The molecule has 0 aromatic carbocycles. The molecular formula is C8H16N2O2. The molecule has 0 aromatic heterocycles. The van der Waals surface area contributed by atoms with Crippen molar-refractivity contribution < 1.29 is 9.53 Å². The van der Waals surface area contributed by atoms with Crippen molar-refractivity contribution in [2.75, 3.05) is 13.7 Å². The van der Waals surface area contributed by atoms with Gasteiger partial charge in [0.25, 0.3) is 0 Å². The van der Waals surface area contributed by atoms with Crippen molar-refractivity contribution in [1.82, 2.24) is 10.6 Å². The van der Waals surface area contributed by atoms with Gasteiger partial charge in [0.05, 0.1) is 6.10 Å². The van der Waals surface area contributed by atoms with Crippen LogP contribution in [0.2, 0.25) is 0 Å². The summed E-state index contributed by atoms with van der Waals surface area (Å²) in [4.78, 5) is 11.0. The van der Waals surface area contributed by atoms with Gasteiger partial charge in [0.1, 0.15) is 0 Å². The van der Waals surface area contributed by atoms with Gasteiger partial charge in [-0.05, 0) is 19.8 Å². The Kier molecular flexibility index (Phi) is 3.34. The highest BCUT2D eigenvalue weighted by atomic mass is 16.5. The number of urea groups is 1. The lowest BCUT2D eigenvalue weighted by molar-refractivity contribution is 0.0206. The van der Waals surface area contributed by atoms with Crippen molar-refractivity contribution in [1.29, 1.82) is 0 Å². The minimum atomic E-state index is -0.0722. The molecule has 0 radical (unpaired) electrons. The van der Waals surface area contributed by atoms with Crippen LogP contribution in [0.4, 0.5) is 4.79 Å². The molecule has 0 aliphatic heterocycles. The van der Waals surface area contributed by atoms with E-state index < -0.39 is 0 Å². The normalized spacial score (nSPS) is 27.5. The number of carbonyl (C=O) groups excluding carboxylic acids is 1. The third-order valence-electron chi connectivity index (χ3n) is 2.10. The van der Waals surface area contributed by atoms with E-state index in [0.29, 0.717) is 18.7 Å². The summed E-state index contributed by atoms with van der Waals surface area (Å²) in [6, 6.07) is 0.235. The van der Waals surface area contributed by atoms with Gasteiger partial charge in [-0.2, -0.15) is 0 Å². The van der Waals surface area contributed by atoms with E-state index in [9.17, 15) is 4.79 Å². The quantitative estimate of drug-likeness (QED) is 0.650. The van der Waals surface area contributed by atoms with Crippen molar-refractivity contribution in [3.05, 3.63) is 0 Å². The Hall–Kier alpha value is -0.770. The van der Waals surface area contributed by atoms with E-state index in [1.165, 1.54) is 0 Å². The van der Waals surface area contributed by atoms with E-state index in [1.54, 1.807) is 7.11 Å². The van der Waals surface area contributed by atoms with Crippen LogP contribution < -0.4 is 10.6 Å². The fourth-order valence-electron chi connectivity index (χ4n) is 1.27. The smallest absolute Gasteiger partial charge is 0.314 e. The number of ether oxygens (including phenoxy) is 1. The SMILES string of the molecule is CCNC(=O)NC1CC(OC)C1. The van der Waals surface area contributed by atoms with Crippen molar-refractivity contribution in [2.24, 2.45) is 0 Å². The van der Waals surface area contributed by atoms with Crippen molar-refractivity contribution >= 4 is 6.03 Å². The Morgan fingerprint density at radius 3 is 2.75 bits per heavy atom. The summed E-state index contributed by atoms with van der Waals surface area (Å²) >= 11 is 0. The molecule has 4 heteroatoms. The molecule has 1 fully saturated rings. The maximum absolute atomic E-state index is 11.0. The second kappa shape index (κ2) is 4.30. The fourth-order valence-corrected chi connectivity index (χ4v) is 1.27. The summed E-state index contributed by atoms with van der Waals surface area (Å²) in [6.45, 7) is 2.57. The average Bonchev–Trinajstić information content (AvgIpc) is 1.96. The molecule has 0 spiro atoms. The monoisotopic (exact) mass is 172 g/mol. The van der Waals surface area contributed by atoms with Gasteiger partial charge in [-0.3, -0.25) is 0 Å². The van der Waals surface area contributed by atoms with Crippen molar-refractivity contribution in [3.63, 3.8) is 0 Å². The van der Waals surface area contributed by atoms with Gasteiger partial charge in [-0.25, -0.2) is 4.79 Å². The Balaban J connectivity index is 2.06. The summed E-state index contributed by atoms with van der Waals surface area (Å²) in [5, 5.41) is 5.54. The van der Waals surface area contributed by atoms with Gasteiger partial charge in [-0.15, -0.1) is 0 Å². The summed E-state index contributed by atoms with van der Waals surface area (Å²) in [7, 11) is 1.70. The highest BCUT2D eigenvalue weighted by Crippen LogP contribution is 2.22. The zero-order chi connectivity index (χ0) is 8.97. The second-order valence-electron chi connectivity index (χ2n) is 3.03. The minimum Gasteiger partial charge on any atom is -0.381 e. The first-order valence-electron chi connectivity index (χ1n) is 4.33. The molecule has 1 aliphatic carbocycles. The number of carbonyl (C=O) groups is 1. The second-order valence-corrected chi connectivity index (χ2v) is 3.03. The van der Waals surface area contributed by atoms with Crippen LogP contribution in [-0.2, 0) is 4.74 Å². The predicted molar refractivity (Wildman–Crippen MR) is 46.0 cm³/mol. The molecule has 12 heavy (non-hydrogen) atoms. The average molecular weight is 172 g/mol. The van der Waals surface area contributed by atoms with Crippen LogP contribution in [0.1, 0.15) is 19.8 Å². The van der Waals surface area contributed by atoms with E-state index in [1.807, 2.05) is 6.92 Å². The summed E-state index contributed by atoms with van der Waals surface area (Å²) in [6.07, 6.45) is 2.22. The van der Waals surface area contributed by atoms with Crippen LogP contribution in [0, 0.1) is 0 Å². The maximum atomic E-state index is 11.0. The molecular weight excluding hydrogens is 156 g/mol. The molecule has 0 bridgehead atoms. The molecule has 0 atom stereocenters. The number of amides is 2. The van der Waals surface area contributed by atoms with E-state index in [4.69, 9.17) is 4.74 Å². The van der Waals surface area contributed by atoms with E-state index in [0.717, 1.165) is 12.8 Å². The molecule has 4 nitrogen and oxygen atoms in total. The lowest BCUT2D eigenvalue weighted by Crippen LogP contribution is -2.50. The zero-order valence-electron chi connectivity index (χ0n) is 7.59. The van der Waals surface area contributed by atoms with Gasteiger partial charge in [-0.1, -0.05) is 0 Å². The largest absolute Gasteiger partial charge is 0.381 e. The predicted octanol–water partition coefficient (Wildman–Crippen LogP) is 0.483. The molecule has 0 heterocycles. The first-order chi connectivity index (χ1) is 5.76. The third kappa shape index (κ3) is 2.37. The van der Waals surface area contributed by atoms with E-state index in [2.05, 4.69) is 10.6 Å². The number of nitrogens with one attached hydrogen (secondary N) is 2.